The van der Waals surface area contributed by atoms with E-state index >= 15 is 0 Å². The monoisotopic (exact) mass is 1280 g/mol. The summed E-state index contributed by atoms with van der Waals surface area (Å²) < 4.78 is 0. The van der Waals surface area contributed by atoms with Gasteiger partial charge in [-0.05, 0) is 238 Å². The Morgan fingerprint density at radius 1 is 0.394 bits per heavy atom. The van der Waals surface area contributed by atoms with E-state index in [-0.39, 0.29) is 56.9 Å². The number of carbonyl (C=O) groups is 3. The standard InChI is InChI=1S/C28H37NO.C27H35NO2.C26H33NO3.2C2H6/c1-20(13-15-25-23(4)12-9-17-28(25,6)7)10-8-11-21(2)19-27(30)29-26-16-14-22(3)18-24(26)5;1-19(12-14-24-21(3)11-8-16-27(24,5)6)9-7-10-20(2)17-26(30)28-25-15-13-23(29)18-22(25)4;1-18(11-13-22-20(3)10-7-15-26(22,4)5)8-6-9-19(2)16-25(30)27-23-14-12-21(28)17-24(23)29;2*1-2/h8,10-11,13-16,18-19H,9,12,17H2,1-7H3,(H,29,30);7,9-10,12-15,17-18,29H,8,11,16H2,1-6H3,(H,28,30);6,8-9,11-14,16-17,28-29H,7,10,15H2,1-5H3,(H,27,30);2*1-2H3/b11-8+,15-13+,20-10+,21-19+;10-7+,14-12+,19-9+,20-17+;9-6+,13-11+,18-8+,19-16+;;. The molecule has 508 valence electrons. The summed E-state index contributed by atoms with van der Waals surface area (Å²) in [5.41, 5.74) is 20.6. The van der Waals surface area contributed by atoms with Gasteiger partial charge in [-0.1, -0.05) is 212 Å². The normalized spacial score (nSPS) is 17.2. The fourth-order valence-corrected chi connectivity index (χ4v) is 11.5. The maximum atomic E-state index is 12.3. The maximum Gasteiger partial charge on any atom is 0.248 e. The Labute approximate surface area is 568 Å². The van der Waals surface area contributed by atoms with Gasteiger partial charge in [-0.15, -0.1) is 0 Å². The number of allylic oxidation sites excluding steroid dienone is 27. The zero-order valence-corrected chi connectivity index (χ0v) is 61.5. The summed E-state index contributed by atoms with van der Waals surface area (Å²) in [7, 11) is 0. The summed E-state index contributed by atoms with van der Waals surface area (Å²) in [6.07, 6.45) is 46.9. The lowest BCUT2D eigenvalue weighted by molar-refractivity contribution is -0.112. The molecule has 0 saturated carbocycles. The molecule has 3 aliphatic carbocycles. The average Bonchev–Trinajstić information content (AvgIpc) is 0.868. The largest absolute Gasteiger partial charge is 0.508 e. The summed E-state index contributed by atoms with van der Waals surface area (Å²) >= 11 is 0. The summed E-state index contributed by atoms with van der Waals surface area (Å²) in [6, 6.07) is 14.9. The molecule has 3 amide bonds. The number of hydrogen-bond donors (Lipinski definition) is 6. The smallest absolute Gasteiger partial charge is 0.248 e. The third-order valence-electron chi connectivity index (χ3n) is 16.7. The molecule has 0 aromatic heterocycles. The minimum absolute atomic E-state index is 0.0603. The van der Waals surface area contributed by atoms with Gasteiger partial charge in [-0.2, -0.15) is 0 Å². The molecule has 0 fully saturated rings. The molecule has 0 heterocycles. The molecule has 0 saturated heterocycles. The second-order valence-corrected chi connectivity index (χ2v) is 26.8. The van der Waals surface area contributed by atoms with Crippen LogP contribution in [0.2, 0.25) is 0 Å². The summed E-state index contributed by atoms with van der Waals surface area (Å²) in [4.78, 5) is 36.6. The van der Waals surface area contributed by atoms with Crippen LogP contribution in [0, 0.1) is 37.0 Å². The van der Waals surface area contributed by atoms with E-state index in [1.807, 2.05) is 124 Å². The van der Waals surface area contributed by atoms with Crippen LogP contribution >= 0.6 is 0 Å². The number of benzene rings is 3. The van der Waals surface area contributed by atoms with E-state index in [0.29, 0.717) is 5.69 Å². The molecule has 6 N–H and O–H groups in total. The molecule has 6 rings (SSSR count). The van der Waals surface area contributed by atoms with Crippen LogP contribution in [0.5, 0.6) is 17.2 Å². The highest BCUT2D eigenvalue weighted by atomic mass is 16.3. The van der Waals surface area contributed by atoms with Crippen molar-refractivity contribution in [2.45, 2.75) is 210 Å². The van der Waals surface area contributed by atoms with Crippen molar-refractivity contribution in [3.05, 3.63) is 248 Å². The highest BCUT2D eigenvalue weighted by Gasteiger charge is 2.28. The van der Waals surface area contributed by atoms with E-state index in [1.165, 1.54) is 132 Å². The fraction of sp³-hybridized carbons (Fsp3) is 0.400. The van der Waals surface area contributed by atoms with Crippen molar-refractivity contribution in [3.8, 4) is 17.2 Å². The van der Waals surface area contributed by atoms with E-state index in [0.717, 1.165) is 39.1 Å². The molecule has 3 aromatic carbocycles. The molecule has 9 heteroatoms. The Balaban J connectivity index is 0.000000467. The lowest BCUT2D eigenvalue weighted by atomic mass is 9.72. The molecule has 9 nitrogen and oxygen atoms in total. The van der Waals surface area contributed by atoms with Crippen LogP contribution in [0.4, 0.5) is 17.1 Å². The highest BCUT2D eigenvalue weighted by molar-refractivity contribution is 6.02. The van der Waals surface area contributed by atoms with Crippen molar-refractivity contribution >= 4 is 34.8 Å². The number of rotatable bonds is 18. The number of nitrogens with one attached hydrogen (secondary N) is 3. The van der Waals surface area contributed by atoms with Crippen molar-refractivity contribution < 1.29 is 29.7 Å². The quantitative estimate of drug-likeness (QED) is 0.0323. The van der Waals surface area contributed by atoms with Gasteiger partial charge in [0.25, 0.3) is 0 Å². The molecule has 0 radical (unpaired) electrons. The number of phenols is 3. The SMILES string of the molecule is CC.CC.CC1=C(/C=C/C(C)=C/C=C/C(C)=C/C(=O)Nc2ccc(C)cc2C)C(C)(C)CCC1.CC1=C(/C=C/C(C)=C/C=C/C(C)=C/C(=O)Nc2ccc(O)cc2C)C(C)(C)CCC1.CC1=C(/C=C/C(C)=C/C=C/C(C)=C/C(=O)Nc2ccc(O)cc2O)C(C)(C)CCC1. The Bertz CT molecular complexity index is 3190. The third-order valence-corrected chi connectivity index (χ3v) is 16.7. The van der Waals surface area contributed by atoms with Crippen molar-refractivity contribution in [3.63, 3.8) is 0 Å². The topological polar surface area (TPSA) is 148 Å². The fourth-order valence-electron chi connectivity index (χ4n) is 11.5. The van der Waals surface area contributed by atoms with E-state index in [2.05, 4.69) is 154 Å². The van der Waals surface area contributed by atoms with Crippen LogP contribution in [0.3, 0.4) is 0 Å². The van der Waals surface area contributed by atoms with Crippen LogP contribution in [0.1, 0.15) is 206 Å². The summed E-state index contributed by atoms with van der Waals surface area (Å²) in [6.45, 7) is 46.5. The number of amides is 3. The molecule has 0 unspecified atom stereocenters. The van der Waals surface area contributed by atoms with Crippen molar-refractivity contribution in [2.75, 3.05) is 16.0 Å². The van der Waals surface area contributed by atoms with Gasteiger partial charge in [0.2, 0.25) is 17.7 Å². The molecule has 0 atom stereocenters. The first-order valence-corrected chi connectivity index (χ1v) is 33.8. The molecular formula is C85H117N3O6. The predicted molar refractivity (Wildman–Crippen MR) is 405 cm³/mol. The van der Waals surface area contributed by atoms with Crippen LogP contribution in [0.25, 0.3) is 0 Å². The number of hydrogen-bond acceptors (Lipinski definition) is 6. The average molecular weight is 1280 g/mol. The maximum absolute atomic E-state index is 12.3. The minimum Gasteiger partial charge on any atom is -0.508 e. The molecule has 0 aliphatic heterocycles. The summed E-state index contributed by atoms with van der Waals surface area (Å²) in [5.74, 6) is -0.688. The zero-order chi connectivity index (χ0) is 70.9. The minimum atomic E-state index is -0.347. The molecule has 0 bridgehead atoms. The van der Waals surface area contributed by atoms with E-state index in [9.17, 15) is 29.7 Å². The first-order chi connectivity index (χ1) is 44.2. The predicted octanol–water partition coefficient (Wildman–Crippen LogP) is 23.6. The van der Waals surface area contributed by atoms with Gasteiger partial charge >= 0.3 is 0 Å². The van der Waals surface area contributed by atoms with Crippen molar-refractivity contribution in [1.29, 1.82) is 0 Å². The number of aryl methyl sites for hydroxylation is 3. The Hall–Kier alpha value is -8.43. The molecule has 3 aliphatic rings. The van der Waals surface area contributed by atoms with E-state index in [1.54, 1.807) is 30.4 Å². The lowest BCUT2D eigenvalue weighted by Gasteiger charge is -2.33. The zero-order valence-electron chi connectivity index (χ0n) is 61.5. The number of phenolic OH excluding ortho intramolecular Hbond substituents is 3. The molecule has 94 heavy (non-hydrogen) atoms. The van der Waals surface area contributed by atoms with Gasteiger partial charge in [0.15, 0.2) is 0 Å². The number of carbonyl (C=O) groups excluding carboxylic acids is 3. The van der Waals surface area contributed by atoms with Gasteiger partial charge in [-0.25, -0.2) is 0 Å². The van der Waals surface area contributed by atoms with Gasteiger partial charge in [0.05, 0.1) is 5.69 Å². The van der Waals surface area contributed by atoms with Crippen LogP contribution in [0.15, 0.2) is 231 Å². The second-order valence-electron chi connectivity index (χ2n) is 26.8. The van der Waals surface area contributed by atoms with Crippen molar-refractivity contribution in [2.24, 2.45) is 16.2 Å². The molecular weight excluding hydrogens is 1160 g/mol. The van der Waals surface area contributed by atoms with Crippen LogP contribution < -0.4 is 16.0 Å². The molecule has 0 spiro atoms. The Morgan fingerprint density at radius 3 is 1.00 bits per heavy atom. The summed E-state index contributed by atoms with van der Waals surface area (Å²) in [5, 5.41) is 36.9. The Kier molecular flexibility index (Phi) is 35.3. The van der Waals surface area contributed by atoms with Gasteiger partial charge < -0.3 is 31.3 Å². The van der Waals surface area contributed by atoms with Crippen molar-refractivity contribution in [1.82, 2.24) is 0 Å². The van der Waals surface area contributed by atoms with Gasteiger partial charge in [-0.3, -0.25) is 14.4 Å². The first-order valence-electron chi connectivity index (χ1n) is 33.8. The molecule has 3 aromatic rings. The Morgan fingerprint density at radius 2 is 0.691 bits per heavy atom. The highest BCUT2D eigenvalue weighted by Crippen LogP contribution is 2.43. The lowest BCUT2D eigenvalue weighted by Crippen LogP contribution is -2.19. The van der Waals surface area contributed by atoms with Gasteiger partial charge in [0, 0.05) is 35.7 Å². The number of aromatic hydroxyl groups is 3. The van der Waals surface area contributed by atoms with E-state index < -0.39 is 0 Å². The number of anilines is 3. The van der Waals surface area contributed by atoms with E-state index in [4.69, 9.17) is 0 Å². The first kappa shape index (κ1) is 81.7. The second kappa shape index (κ2) is 40.6. The van der Waals surface area contributed by atoms with Gasteiger partial charge in [0.1, 0.15) is 17.2 Å². The third kappa shape index (κ3) is 29.7. The van der Waals surface area contributed by atoms with Crippen LogP contribution in [-0.2, 0) is 14.4 Å². The van der Waals surface area contributed by atoms with Crippen LogP contribution in [-0.4, -0.2) is 33.0 Å².